The van der Waals surface area contributed by atoms with E-state index < -0.39 is 0 Å². The van der Waals surface area contributed by atoms with E-state index in [0.717, 1.165) is 17.4 Å². The Bertz CT molecular complexity index is 461. The number of benzene rings is 1. The van der Waals surface area contributed by atoms with Crippen LogP contribution in [0.15, 0.2) is 22.7 Å². The molecule has 0 amide bonds. The van der Waals surface area contributed by atoms with Crippen LogP contribution in [0.4, 0.5) is 11.4 Å². The molecule has 1 aliphatic heterocycles. The molecule has 0 saturated carbocycles. The maximum Gasteiger partial charge on any atom is 0.292 e. The summed E-state index contributed by atoms with van der Waals surface area (Å²) >= 11 is 5.28. The lowest BCUT2D eigenvalue weighted by molar-refractivity contribution is -0.384. The highest BCUT2D eigenvalue weighted by atomic mass is 79.9. The number of hydrogen-bond acceptors (Lipinski definition) is 4. The average Bonchev–Trinajstić information content (AvgIpc) is 2.74. The van der Waals surface area contributed by atoms with E-state index in [0.29, 0.717) is 5.69 Å². The van der Waals surface area contributed by atoms with Gasteiger partial charge in [-0.15, -0.1) is 0 Å². The van der Waals surface area contributed by atoms with Gasteiger partial charge in [0.05, 0.1) is 4.92 Å². The number of nitro groups is 1. The van der Waals surface area contributed by atoms with Crippen LogP contribution in [-0.2, 0) is 0 Å². The van der Waals surface area contributed by atoms with Gasteiger partial charge in [-0.05, 0) is 37.7 Å². The standard InChI is InChI=1S/C12H15BrN2O2S/c1-12(5-2-6-18-12)8-14-10-7-9(13)3-4-11(10)15(16)17/h3-4,7,14H,2,5-6,8H2,1H3. The lowest BCUT2D eigenvalue weighted by atomic mass is 10.1. The summed E-state index contributed by atoms with van der Waals surface area (Å²) in [6.45, 7) is 2.97. The fraction of sp³-hybridized carbons (Fsp3) is 0.500. The van der Waals surface area contributed by atoms with Crippen molar-refractivity contribution in [2.45, 2.75) is 24.5 Å². The maximum absolute atomic E-state index is 11.0. The highest BCUT2D eigenvalue weighted by Crippen LogP contribution is 2.38. The van der Waals surface area contributed by atoms with E-state index in [-0.39, 0.29) is 15.4 Å². The molecule has 0 aromatic heterocycles. The summed E-state index contributed by atoms with van der Waals surface area (Å²) in [5.41, 5.74) is 0.716. The molecule has 1 aliphatic rings. The van der Waals surface area contributed by atoms with Gasteiger partial charge in [0.2, 0.25) is 0 Å². The van der Waals surface area contributed by atoms with Gasteiger partial charge in [-0.3, -0.25) is 10.1 Å². The Balaban J connectivity index is 2.12. The minimum absolute atomic E-state index is 0.129. The predicted octanol–water partition coefficient (Wildman–Crippen LogP) is 4.05. The Kier molecular flexibility index (Phi) is 4.17. The number of nitro benzene ring substituents is 1. The van der Waals surface area contributed by atoms with Crippen molar-refractivity contribution in [2.75, 3.05) is 17.6 Å². The second-order valence-corrected chi connectivity index (χ2v) is 7.27. The third-order valence-electron chi connectivity index (χ3n) is 3.11. The zero-order chi connectivity index (χ0) is 13.2. The SMILES string of the molecule is CC1(CNc2cc(Br)ccc2[N+](=O)[O-])CCCS1. The van der Waals surface area contributed by atoms with Crippen molar-refractivity contribution in [1.82, 2.24) is 0 Å². The molecular formula is C12H15BrN2O2S. The summed E-state index contributed by atoms with van der Waals surface area (Å²) in [7, 11) is 0. The second kappa shape index (κ2) is 5.48. The molecule has 1 heterocycles. The third-order valence-corrected chi connectivity index (χ3v) is 5.14. The van der Waals surface area contributed by atoms with Gasteiger partial charge < -0.3 is 5.32 Å². The molecule has 1 aromatic carbocycles. The first-order valence-corrected chi connectivity index (χ1v) is 7.60. The third kappa shape index (κ3) is 3.17. The van der Waals surface area contributed by atoms with Crippen molar-refractivity contribution in [3.8, 4) is 0 Å². The summed E-state index contributed by atoms with van der Waals surface area (Å²) in [5.74, 6) is 1.18. The van der Waals surface area contributed by atoms with E-state index in [1.54, 1.807) is 12.1 Å². The van der Waals surface area contributed by atoms with E-state index in [2.05, 4.69) is 28.2 Å². The monoisotopic (exact) mass is 330 g/mol. The molecule has 1 fully saturated rings. The van der Waals surface area contributed by atoms with Crippen molar-refractivity contribution in [1.29, 1.82) is 0 Å². The van der Waals surface area contributed by atoms with E-state index in [9.17, 15) is 10.1 Å². The molecule has 1 unspecified atom stereocenters. The van der Waals surface area contributed by atoms with Crippen molar-refractivity contribution in [3.63, 3.8) is 0 Å². The van der Waals surface area contributed by atoms with Crippen molar-refractivity contribution >= 4 is 39.1 Å². The number of nitrogens with zero attached hydrogens (tertiary/aromatic N) is 1. The summed E-state index contributed by atoms with van der Waals surface area (Å²) in [5, 5.41) is 14.2. The number of halogens is 1. The van der Waals surface area contributed by atoms with Gasteiger partial charge in [-0.1, -0.05) is 15.9 Å². The first-order chi connectivity index (χ1) is 8.50. The number of thioether (sulfide) groups is 1. The molecule has 98 valence electrons. The van der Waals surface area contributed by atoms with Crippen LogP contribution in [0.1, 0.15) is 19.8 Å². The number of anilines is 1. The minimum atomic E-state index is -0.348. The Morgan fingerprint density at radius 1 is 1.61 bits per heavy atom. The van der Waals surface area contributed by atoms with Crippen LogP contribution < -0.4 is 5.32 Å². The molecule has 0 radical (unpaired) electrons. The lowest BCUT2D eigenvalue weighted by Crippen LogP contribution is -2.27. The molecule has 1 N–H and O–H groups in total. The molecule has 1 aromatic rings. The van der Waals surface area contributed by atoms with E-state index in [1.807, 2.05) is 11.8 Å². The first-order valence-electron chi connectivity index (χ1n) is 5.82. The zero-order valence-electron chi connectivity index (χ0n) is 10.1. The molecule has 0 spiro atoms. The minimum Gasteiger partial charge on any atom is -0.378 e. The first kappa shape index (κ1) is 13.7. The predicted molar refractivity (Wildman–Crippen MR) is 79.4 cm³/mol. The highest BCUT2D eigenvalue weighted by Gasteiger charge is 2.29. The Labute approximate surface area is 119 Å². The van der Waals surface area contributed by atoms with Crippen LogP contribution in [-0.4, -0.2) is 22.0 Å². The van der Waals surface area contributed by atoms with Gasteiger partial charge in [-0.25, -0.2) is 0 Å². The van der Waals surface area contributed by atoms with E-state index in [4.69, 9.17) is 0 Å². The van der Waals surface area contributed by atoms with Gasteiger partial charge >= 0.3 is 0 Å². The Hall–Kier alpha value is -0.750. The van der Waals surface area contributed by atoms with Gasteiger partial charge in [-0.2, -0.15) is 11.8 Å². The van der Waals surface area contributed by atoms with E-state index in [1.165, 1.54) is 18.2 Å². The van der Waals surface area contributed by atoms with E-state index >= 15 is 0 Å². The maximum atomic E-state index is 11.0. The smallest absolute Gasteiger partial charge is 0.292 e. The summed E-state index contributed by atoms with van der Waals surface area (Å²) in [6.07, 6.45) is 2.38. The van der Waals surface area contributed by atoms with Crippen LogP contribution in [0.2, 0.25) is 0 Å². The van der Waals surface area contributed by atoms with Crippen molar-refractivity contribution in [3.05, 3.63) is 32.8 Å². The van der Waals surface area contributed by atoms with Crippen LogP contribution in [0.5, 0.6) is 0 Å². The molecule has 4 nitrogen and oxygen atoms in total. The summed E-state index contributed by atoms with van der Waals surface area (Å²) < 4.78 is 1.04. The number of hydrogen-bond donors (Lipinski definition) is 1. The van der Waals surface area contributed by atoms with Crippen LogP contribution in [0, 0.1) is 10.1 Å². The van der Waals surface area contributed by atoms with Gasteiger partial charge in [0.15, 0.2) is 0 Å². The molecular weight excluding hydrogens is 316 g/mol. The number of rotatable bonds is 4. The molecule has 0 bridgehead atoms. The zero-order valence-corrected chi connectivity index (χ0v) is 12.5. The number of nitrogens with one attached hydrogen (secondary N) is 1. The molecule has 1 saturated heterocycles. The van der Waals surface area contributed by atoms with Gasteiger partial charge in [0.25, 0.3) is 5.69 Å². The largest absolute Gasteiger partial charge is 0.378 e. The van der Waals surface area contributed by atoms with Crippen molar-refractivity contribution in [2.24, 2.45) is 0 Å². The highest BCUT2D eigenvalue weighted by molar-refractivity contribution is 9.10. The molecule has 18 heavy (non-hydrogen) atoms. The van der Waals surface area contributed by atoms with Crippen LogP contribution >= 0.6 is 27.7 Å². The average molecular weight is 331 g/mol. The normalized spacial score (nSPS) is 23.0. The molecule has 1 atom stereocenters. The topological polar surface area (TPSA) is 55.2 Å². The van der Waals surface area contributed by atoms with Gasteiger partial charge in [0, 0.05) is 21.8 Å². The van der Waals surface area contributed by atoms with Crippen LogP contribution in [0.25, 0.3) is 0 Å². The summed E-state index contributed by atoms with van der Waals surface area (Å²) in [6, 6.07) is 4.98. The van der Waals surface area contributed by atoms with Gasteiger partial charge in [0.1, 0.15) is 5.69 Å². The molecule has 6 heteroatoms. The molecule has 2 rings (SSSR count). The second-order valence-electron chi connectivity index (χ2n) is 4.67. The molecule has 0 aliphatic carbocycles. The Morgan fingerprint density at radius 3 is 3.00 bits per heavy atom. The van der Waals surface area contributed by atoms with Crippen molar-refractivity contribution < 1.29 is 4.92 Å². The summed E-state index contributed by atoms with van der Waals surface area (Å²) in [4.78, 5) is 10.6. The fourth-order valence-corrected chi connectivity index (χ4v) is 3.67. The van der Waals surface area contributed by atoms with Crippen LogP contribution in [0.3, 0.4) is 0 Å². The Morgan fingerprint density at radius 2 is 2.39 bits per heavy atom. The quantitative estimate of drug-likeness (QED) is 0.668. The lowest BCUT2D eigenvalue weighted by Gasteiger charge is -2.23. The fourth-order valence-electron chi connectivity index (χ4n) is 2.07.